The van der Waals surface area contributed by atoms with Crippen LogP contribution in [-0.2, 0) is 14.8 Å². The lowest BCUT2D eigenvalue weighted by Crippen LogP contribution is -2.38. The van der Waals surface area contributed by atoms with Gasteiger partial charge in [-0.25, -0.2) is 8.42 Å². The maximum Gasteiger partial charge on any atom is 0.243 e. The Labute approximate surface area is 157 Å². The fourth-order valence-corrected chi connectivity index (χ4v) is 3.63. The van der Waals surface area contributed by atoms with E-state index in [-0.39, 0.29) is 18.0 Å². The van der Waals surface area contributed by atoms with Crippen LogP contribution in [0.5, 0.6) is 0 Å². The molecule has 0 spiro atoms. The van der Waals surface area contributed by atoms with Crippen LogP contribution in [0.15, 0.2) is 66.1 Å². The van der Waals surface area contributed by atoms with Crippen LogP contribution >= 0.6 is 11.6 Å². The van der Waals surface area contributed by atoms with Gasteiger partial charge in [-0.3, -0.25) is 4.79 Å². The van der Waals surface area contributed by atoms with Crippen LogP contribution in [0.3, 0.4) is 0 Å². The number of hydrogen-bond acceptors (Lipinski definition) is 4. The Bertz CT molecular complexity index is 933. The van der Waals surface area contributed by atoms with Crippen LogP contribution in [0.2, 0.25) is 5.02 Å². The molecule has 0 aliphatic carbocycles. The van der Waals surface area contributed by atoms with Gasteiger partial charge in [0.25, 0.3) is 0 Å². The highest BCUT2D eigenvalue weighted by Gasteiger charge is 2.25. The Balaban J connectivity index is 2.15. The minimum Gasteiger partial charge on any atom is -0.325 e. The lowest BCUT2D eigenvalue weighted by molar-refractivity contribution is -0.116. The van der Waals surface area contributed by atoms with Crippen molar-refractivity contribution in [1.82, 2.24) is 4.31 Å². The molecule has 2 aromatic carbocycles. The van der Waals surface area contributed by atoms with Gasteiger partial charge in [0, 0.05) is 17.3 Å². The second-order valence-electron chi connectivity index (χ2n) is 5.28. The molecule has 8 heteroatoms. The van der Waals surface area contributed by atoms with Gasteiger partial charge >= 0.3 is 0 Å². The van der Waals surface area contributed by atoms with Gasteiger partial charge in [-0.05, 0) is 48.5 Å². The molecule has 2 rings (SSSR count). The van der Waals surface area contributed by atoms with E-state index in [4.69, 9.17) is 16.9 Å². The molecular formula is C18H16ClN3O3S. The first kappa shape index (κ1) is 19.7. The van der Waals surface area contributed by atoms with E-state index in [0.717, 1.165) is 4.31 Å². The summed E-state index contributed by atoms with van der Waals surface area (Å²) < 4.78 is 26.5. The van der Waals surface area contributed by atoms with E-state index in [9.17, 15) is 13.2 Å². The van der Waals surface area contributed by atoms with Crippen molar-refractivity contribution in [2.45, 2.75) is 4.90 Å². The Morgan fingerprint density at radius 1 is 1.19 bits per heavy atom. The summed E-state index contributed by atoms with van der Waals surface area (Å²) in [4.78, 5) is 12.3. The van der Waals surface area contributed by atoms with E-state index < -0.39 is 15.9 Å². The highest BCUT2D eigenvalue weighted by Crippen LogP contribution is 2.19. The molecule has 0 fully saturated rings. The third-order valence-electron chi connectivity index (χ3n) is 3.40. The number of halogens is 1. The fraction of sp³-hybridized carbons (Fsp3) is 0.111. The zero-order valence-electron chi connectivity index (χ0n) is 13.7. The molecule has 134 valence electrons. The van der Waals surface area contributed by atoms with Gasteiger partial charge in [0.15, 0.2) is 0 Å². The molecule has 0 radical (unpaired) electrons. The standard InChI is InChI=1S/C18H16ClN3O3S/c1-2-11-22(26(24,25)17-9-5-15(19)6-10-17)13-18(23)21-16-7-3-14(12-20)4-8-16/h2-10H,1,11,13H2,(H,21,23). The molecule has 0 bridgehead atoms. The van der Waals surface area contributed by atoms with E-state index in [0.29, 0.717) is 16.3 Å². The molecule has 0 aromatic heterocycles. The molecule has 0 saturated heterocycles. The first-order chi connectivity index (χ1) is 12.4. The van der Waals surface area contributed by atoms with Crippen LogP contribution in [0.25, 0.3) is 0 Å². The average Bonchev–Trinajstić information content (AvgIpc) is 2.62. The van der Waals surface area contributed by atoms with Crippen molar-refractivity contribution in [3.8, 4) is 6.07 Å². The van der Waals surface area contributed by atoms with E-state index in [1.54, 1.807) is 24.3 Å². The molecule has 6 nitrogen and oxygen atoms in total. The highest BCUT2D eigenvalue weighted by atomic mass is 35.5. The van der Waals surface area contributed by atoms with Gasteiger partial charge in [0.1, 0.15) is 0 Å². The number of sulfonamides is 1. The maximum absolute atomic E-state index is 12.7. The topological polar surface area (TPSA) is 90.3 Å². The van der Waals surface area contributed by atoms with Crippen LogP contribution in [-0.4, -0.2) is 31.7 Å². The predicted octanol–water partition coefficient (Wildman–Crippen LogP) is 3.03. The number of anilines is 1. The number of carbonyl (C=O) groups excluding carboxylic acids is 1. The number of hydrogen-bond donors (Lipinski definition) is 1. The third-order valence-corrected chi connectivity index (χ3v) is 5.48. The van der Waals surface area contributed by atoms with Gasteiger partial charge in [-0.1, -0.05) is 17.7 Å². The number of carbonyl (C=O) groups is 1. The average molecular weight is 390 g/mol. The van der Waals surface area contributed by atoms with E-state index >= 15 is 0 Å². The van der Waals surface area contributed by atoms with Crippen LogP contribution < -0.4 is 5.32 Å². The van der Waals surface area contributed by atoms with E-state index in [1.807, 2.05) is 6.07 Å². The summed E-state index contributed by atoms with van der Waals surface area (Å²) in [5.41, 5.74) is 0.929. The number of amides is 1. The Morgan fingerprint density at radius 2 is 1.81 bits per heavy atom. The largest absolute Gasteiger partial charge is 0.325 e. The van der Waals surface area contributed by atoms with E-state index in [1.165, 1.54) is 30.3 Å². The third kappa shape index (κ3) is 4.92. The highest BCUT2D eigenvalue weighted by molar-refractivity contribution is 7.89. The predicted molar refractivity (Wildman–Crippen MR) is 100 cm³/mol. The van der Waals surface area contributed by atoms with Crippen molar-refractivity contribution in [3.63, 3.8) is 0 Å². The van der Waals surface area contributed by atoms with Crippen molar-refractivity contribution in [1.29, 1.82) is 5.26 Å². The number of nitrogens with zero attached hydrogens (tertiary/aromatic N) is 2. The first-order valence-corrected chi connectivity index (χ1v) is 9.35. The fourth-order valence-electron chi connectivity index (χ4n) is 2.14. The molecule has 0 unspecified atom stereocenters. The molecule has 0 aliphatic heterocycles. The van der Waals surface area contributed by atoms with Crippen molar-refractivity contribution >= 4 is 33.2 Å². The lowest BCUT2D eigenvalue weighted by Gasteiger charge is -2.20. The van der Waals surface area contributed by atoms with Gasteiger partial charge in [-0.2, -0.15) is 9.57 Å². The molecule has 0 atom stereocenters. The quantitative estimate of drug-likeness (QED) is 0.737. The van der Waals surface area contributed by atoms with Crippen LogP contribution in [0, 0.1) is 11.3 Å². The monoisotopic (exact) mass is 389 g/mol. The second-order valence-corrected chi connectivity index (χ2v) is 7.65. The van der Waals surface area contributed by atoms with Gasteiger partial charge < -0.3 is 5.32 Å². The number of rotatable bonds is 7. The summed E-state index contributed by atoms with van der Waals surface area (Å²) >= 11 is 5.79. The molecule has 26 heavy (non-hydrogen) atoms. The molecule has 1 amide bonds. The van der Waals surface area contributed by atoms with Gasteiger partial charge in [-0.15, -0.1) is 6.58 Å². The molecule has 1 N–H and O–H groups in total. The normalized spacial score (nSPS) is 11.0. The van der Waals surface area contributed by atoms with Crippen molar-refractivity contribution in [3.05, 3.63) is 71.8 Å². The smallest absolute Gasteiger partial charge is 0.243 e. The molecule has 0 saturated carbocycles. The first-order valence-electron chi connectivity index (χ1n) is 7.53. The Morgan fingerprint density at radius 3 is 2.35 bits per heavy atom. The van der Waals surface area contributed by atoms with Crippen molar-refractivity contribution in [2.75, 3.05) is 18.4 Å². The minimum absolute atomic E-state index is 0.0221. The zero-order chi connectivity index (χ0) is 19.2. The van der Waals surface area contributed by atoms with Gasteiger partial charge in [0.2, 0.25) is 15.9 Å². The summed E-state index contributed by atoms with van der Waals surface area (Å²) in [6.07, 6.45) is 1.41. The minimum atomic E-state index is -3.88. The summed E-state index contributed by atoms with van der Waals surface area (Å²) in [6.45, 7) is 3.14. The Hall–Kier alpha value is -2.66. The number of benzene rings is 2. The van der Waals surface area contributed by atoms with Crippen molar-refractivity contribution < 1.29 is 13.2 Å². The number of nitrogens with one attached hydrogen (secondary N) is 1. The maximum atomic E-state index is 12.7. The molecular weight excluding hydrogens is 374 g/mol. The van der Waals surface area contributed by atoms with Crippen LogP contribution in [0.1, 0.15) is 5.56 Å². The summed E-state index contributed by atoms with van der Waals surface area (Å²) in [5.74, 6) is -0.505. The van der Waals surface area contributed by atoms with Crippen LogP contribution in [0.4, 0.5) is 5.69 Å². The molecule has 0 aliphatic rings. The summed E-state index contributed by atoms with van der Waals surface area (Å²) in [7, 11) is -3.88. The lowest BCUT2D eigenvalue weighted by atomic mass is 10.2. The summed E-state index contributed by atoms with van der Waals surface area (Å²) in [6, 6.07) is 13.9. The molecule has 2 aromatic rings. The Kier molecular flexibility index (Phi) is 6.52. The molecule has 0 heterocycles. The van der Waals surface area contributed by atoms with Gasteiger partial charge in [0.05, 0.1) is 23.1 Å². The van der Waals surface area contributed by atoms with E-state index in [2.05, 4.69) is 11.9 Å². The SMILES string of the molecule is C=CCN(CC(=O)Nc1ccc(C#N)cc1)S(=O)(=O)c1ccc(Cl)cc1. The zero-order valence-corrected chi connectivity index (χ0v) is 15.3. The van der Waals surface area contributed by atoms with Crippen molar-refractivity contribution in [2.24, 2.45) is 0 Å². The number of nitriles is 1. The summed E-state index contributed by atoms with van der Waals surface area (Å²) in [5, 5.41) is 11.8. The second kappa shape index (κ2) is 8.63.